The summed E-state index contributed by atoms with van der Waals surface area (Å²) in [5.41, 5.74) is 5.83. The maximum Gasteiger partial charge on any atom is 0.491 e. The van der Waals surface area contributed by atoms with Crippen molar-refractivity contribution in [2.24, 2.45) is 5.73 Å². The van der Waals surface area contributed by atoms with E-state index in [0.717, 1.165) is 4.90 Å². The highest BCUT2D eigenvalue weighted by molar-refractivity contribution is 5.89. The van der Waals surface area contributed by atoms with E-state index in [4.69, 9.17) is 15.2 Å². The van der Waals surface area contributed by atoms with Gasteiger partial charge >= 0.3 is 24.2 Å². The predicted octanol–water partition coefficient (Wildman–Crippen LogP) is 1.79. The molecule has 0 radical (unpaired) electrons. The number of alkyl halides is 3. The smallest absolute Gasteiger partial charge is 0.433 e. The molecule has 2 rings (SSSR count). The summed E-state index contributed by atoms with van der Waals surface area (Å²) in [6.07, 6.45) is -9.22. The molecule has 1 aliphatic heterocycles. The highest BCUT2D eigenvalue weighted by atomic mass is 19.4. The number of esters is 2. The summed E-state index contributed by atoms with van der Waals surface area (Å²) in [7, 11) is 0. The molecule has 1 amide bonds. The van der Waals surface area contributed by atoms with Gasteiger partial charge in [0.25, 0.3) is 0 Å². The number of amides is 1. The monoisotopic (exact) mass is 390 g/mol. The van der Waals surface area contributed by atoms with Crippen LogP contribution in [0.1, 0.15) is 23.7 Å². The summed E-state index contributed by atoms with van der Waals surface area (Å²) < 4.78 is 51.2. The van der Waals surface area contributed by atoms with E-state index in [9.17, 15) is 27.6 Å². The molecule has 148 valence electrons. The largest absolute Gasteiger partial charge is 0.491 e. The van der Waals surface area contributed by atoms with Crippen LogP contribution in [-0.4, -0.2) is 54.2 Å². The molecule has 0 saturated carbocycles. The van der Waals surface area contributed by atoms with Gasteiger partial charge in [0, 0.05) is 13.5 Å². The Labute approximate surface area is 151 Å². The van der Waals surface area contributed by atoms with Crippen LogP contribution in [0.25, 0.3) is 0 Å². The lowest BCUT2D eigenvalue weighted by Gasteiger charge is -2.27. The Morgan fingerprint density at radius 2 is 1.81 bits per heavy atom. The van der Waals surface area contributed by atoms with Crippen LogP contribution in [0.5, 0.6) is 0 Å². The van der Waals surface area contributed by atoms with E-state index >= 15 is 0 Å². The molecule has 1 aliphatic rings. The van der Waals surface area contributed by atoms with Crippen molar-refractivity contribution in [3.8, 4) is 0 Å². The van der Waals surface area contributed by atoms with Crippen LogP contribution < -0.4 is 5.73 Å². The van der Waals surface area contributed by atoms with E-state index in [1.807, 2.05) is 0 Å². The minimum Gasteiger partial charge on any atom is -0.433 e. The predicted molar refractivity (Wildman–Crippen MR) is 83.0 cm³/mol. The molecule has 0 bridgehead atoms. The molecule has 2 N–H and O–H groups in total. The summed E-state index contributed by atoms with van der Waals surface area (Å²) in [5.74, 6) is -3.22. The molecule has 1 unspecified atom stereocenters. The fourth-order valence-electron chi connectivity index (χ4n) is 2.34. The first-order valence-electron chi connectivity index (χ1n) is 7.86. The maximum atomic E-state index is 12.4. The average molecular weight is 390 g/mol. The van der Waals surface area contributed by atoms with Crippen LogP contribution in [0.2, 0.25) is 0 Å². The van der Waals surface area contributed by atoms with Crippen LogP contribution in [0.3, 0.4) is 0 Å². The van der Waals surface area contributed by atoms with E-state index < -0.39 is 42.8 Å². The van der Waals surface area contributed by atoms with E-state index in [1.165, 1.54) is 19.1 Å². The lowest BCUT2D eigenvalue weighted by atomic mass is 10.2. The zero-order valence-corrected chi connectivity index (χ0v) is 14.1. The normalized spacial score (nSPS) is 20.7. The molecule has 1 aromatic rings. The number of nitrogens with zero attached hydrogens (tertiary/aromatic N) is 1. The number of carbonyl (C=O) groups is 3. The number of likely N-dealkylation sites (tertiary alicyclic amines) is 1. The Morgan fingerprint density at radius 1 is 1.19 bits per heavy atom. The Kier molecular flexibility index (Phi) is 6.26. The lowest BCUT2D eigenvalue weighted by molar-refractivity contribution is -0.210. The van der Waals surface area contributed by atoms with Crippen molar-refractivity contribution in [2.45, 2.75) is 38.1 Å². The number of carbonyl (C=O) groups excluding carboxylic acids is 3. The quantitative estimate of drug-likeness (QED) is 0.617. The minimum absolute atomic E-state index is 0.0881. The summed E-state index contributed by atoms with van der Waals surface area (Å²) in [4.78, 5) is 35.8. The van der Waals surface area contributed by atoms with Crippen LogP contribution in [0.15, 0.2) is 30.3 Å². The highest BCUT2D eigenvalue weighted by Crippen LogP contribution is 2.24. The lowest BCUT2D eigenvalue weighted by Crippen LogP contribution is -2.48. The zero-order valence-electron chi connectivity index (χ0n) is 14.1. The van der Waals surface area contributed by atoms with E-state index in [0.29, 0.717) is 0 Å². The third kappa shape index (κ3) is 5.33. The van der Waals surface area contributed by atoms with Crippen molar-refractivity contribution in [2.75, 3.05) is 6.54 Å². The van der Waals surface area contributed by atoms with Gasteiger partial charge in [-0.15, -0.1) is 0 Å². The first kappa shape index (κ1) is 20.5. The zero-order chi connectivity index (χ0) is 20.2. The molecule has 0 aliphatic carbocycles. The molecule has 1 fully saturated rings. The molecule has 1 saturated heterocycles. The standard InChI is InChI=1S/C16H17F3N2O6/c1-9(25-13(22)10-5-3-2-4-6-10)26-15(24)21-8-7-11(20)12(21)27-14(23)16(17,18)19/h2-6,9,11-12H,7-8,20H2,1H3/t9-,11-,12?/m0/s1. The fourth-order valence-corrected chi connectivity index (χ4v) is 2.34. The summed E-state index contributed by atoms with van der Waals surface area (Å²) in [6.45, 7) is 1.17. The van der Waals surface area contributed by atoms with E-state index in [2.05, 4.69) is 4.74 Å². The fraction of sp³-hybridized carbons (Fsp3) is 0.438. The van der Waals surface area contributed by atoms with Crippen LogP contribution in [0, 0.1) is 0 Å². The van der Waals surface area contributed by atoms with Crippen molar-refractivity contribution in [3.05, 3.63) is 35.9 Å². The topological polar surface area (TPSA) is 108 Å². The molecule has 8 nitrogen and oxygen atoms in total. The second-order valence-corrected chi connectivity index (χ2v) is 5.66. The van der Waals surface area contributed by atoms with Gasteiger partial charge in [-0.05, 0) is 18.6 Å². The van der Waals surface area contributed by atoms with Crippen molar-refractivity contribution in [1.29, 1.82) is 0 Å². The van der Waals surface area contributed by atoms with Gasteiger partial charge in [0.2, 0.25) is 6.29 Å². The van der Waals surface area contributed by atoms with Crippen LogP contribution in [0.4, 0.5) is 18.0 Å². The van der Waals surface area contributed by atoms with Gasteiger partial charge in [-0.3, -0.25) is 4.90 Å². The Balaban J connectivity index is 1.95. The van der Waals surface area contributed by atoms with E-state index in [-0.39, 0.29) is 18.5 Å². The van der Waals surface area contributed by atoms with Gasteiger partial charge in [0.1, 0.15) is 0 Å². The van der Waals surface area contributed by atoms with Gasteiger partial charge in [-0.25, -0.2) is 14.4 Å². The van der Waals surface area contributed by atoms with Gasteiger partial charge < -0.3 is 19.9 Å². The summed E-state index contributed by atoms with van der Waals surface area (Å²) in [5, 5.41) is 0. The number of ether oxygens (including phenoxy) is 3. The third-order valence-corrected chi connectivity index (χ3v) is 3.62. The number of benzene rings is 1. The molecule has 3 atom stereocenters. The maximum absolute atomic E-state index is 12.4. The van der Waals surface area contributed by atoms with Gasteiger partial charge in [-0.1, -0.05) is 18.2 Å². The van der Waals surface area contributed by atoms with E-state index in [1.54, 1.807) is 18.2 Å². The number of hydrogen-bond acceptors (Lipinski definition) is 7. The summed E-state index contributed by atoms with van der Waals surface area (Å²) in [6, 6.07) is 6.88. The van der Waals surface area contributed by atoms with Crippen LogP contribution >= 0.6 is 0 Å². The van der Waals surface area contributed by atoms with Crippen molar-refractivity contribution in [1.82, 2.24) is 4.90 Å². The molecular formula is C16H17F3N2O6. The number of nitrogens with two attached hydrogens (primary N) is 1. The van der Waals surface area contributed by atoms with Crippen LogP contribution in [-0.2, 0) is 19.0 Å². The second kappa shape index (κ2) is 8.25. The van der Waals surface area contributed by atoms with Crippen molar-refractivity contribution >= 4 is 18.0 Å². The molecule has 1 aromatic carbocycles. The number of hydrogen-bond donors (Lipinski definition) is 1. The molecule has 0 spiro atoms. The Bertz CT molecular complexity index is 697. The SMILES string of the molecule is C[C@@H](OC(=O)c1ccccc1)OC(=O)N1CC[C@H](N)C1OC(=O)C(F)(F)F. The van der Waals surface area contributed by atoms with Gasteiger partial charge in [0.05, 0.1) is 11.6 Å². The molecule has 11 heteroatoms. The summed E-state index contributed by atoms with van der Waals surface area (Å²) >= 11 is 0. The number of halogens is 3. The second-order valence-electron chi connectivity index (χ2n) is 5.66. The van der Waals surface area contributed by atoms with Crippen molar-refractivity contribution in [3.63, 3.8) is 0 Å². The number of rotatable bonds is 4. The first-order chi connectivity index (χ1) is 12.6. The minimum atomic E-state index is -5.23. The molecule has 27 heavy (non-hydrogen) atoms. The van der Waals surface area contributed by atoms with Crippen molar-refractivity contribution < 1.29 is 41.8 Å². The third-order valence-electron chi connectivity index (χ3n) is 3.62. The Hall–Kier alpha value is -2.82. The average Bonchev–Trinajstić information content (AvgIpc) is 2.95. The van der Waals surface area contributed by atoms with Gasteiger partial charge in [0.15, 0.2) is 6.23 Å². The molecular weight excluding hydrogens is 373 g/mol. The van der Waals surface area contributed by atoms with Gasteiger partial charge in [-0.2, -0.15) is 13.2 Å². The molecule has 1 heterocycles. The first-order valence-corrected chi connectivity index (χ1v) is 7.86. The highest BCUT2D eigenvalue weighted by Gasteiger charge is 2.47. The molecule has 0 aromatic heterocycles. The Morgan fingerprint density at radius 3 is 2.41 bits per heavy atom.